The molecule has 0 aromatic carbocycles. The van der Waals surface area contributed by atoms with Crippen molar-refractivity contribution in [1.29, 1.82) is 0 Å². The van der Waals surface area contributed by atoms with Crippen molar-refractivity contribution in [3.8, 4) is 0 Å². The van der Waals surface area contributed by atoms with E-state index in [-0.39, 0.29) is 12.6 Å². The number of hydrogen-bond donors (Lipinski definition) is 3. The summed E-state index contributed by atoms with van der Waals surface area (Å²) in [5.41, 5.74) is 3.55. The number of carbonyl (C=O) groups is 2. The zero-order valence-electron chi connectivity index (χ0n) is 14.0. The Kier molecular flexibility index (Phi) is 4.82. The maximum Gasteiger partial charge on any atom is 0.418 e. The van der Waals surface area contributed by atoms with Crippen LogP contribution in [0.15, 0.2) is 11.4 Å². The highest BCUT2D eigenvalue weighted by atomic mass is 32.3. The van der Waals surface area contributed by atoms with E-state index in [4.69, 9.17) is 9.39 Å². The number of piperidine rings is 1. The van der Waals surface area contributed by atoms with Crippen LogP contribution in [0.4, 0.5) is 4.79 Å². The predicted molar refractivity (Wildman–Crippen MR) is 91.4 cm³/mol. The molecule has 2 unspecified atom stereocenters. The molecule has 148 valence electrons. The standard InChI is InChI=1S/C14H18N4O7S2/c19-13(16-24-11-6-15-5-8-3-4-26-12(8)11)10-2-1-9-7-17(10)14(20)18(9)25-27(21,22)23/h3-4,9-11,15H,1-2,5-7H2,(H,16,19)(H,21,22,23)/t9?,10-,11?/m0/s1. The van der Waals surface area contributed by atoms with Gasteiger partial charge in [-0.1, -0.05) is 0 Å². The first-order valence-electron chi connectivity index (χ1n) is 8.33. The summed E-state index contributed by atoms with van der Waals surface area (Å²) in [5, 5.41) is 5.77. The van der Waals surface area contributed by atoms with Crippen LogP contribution >= 0.6 is 11.3 Å². The summed E-state index contributed by atoms with van der Waals surface area (Å²) in [6.45, 7) is 1.44. The zero-order valence-corrected chi connectivity index (χ0v) is 15.7. The lowest BCUT2D eigenvalue weighted by Gasteiger charge is -2.30. The second-order valence-corrected chi connectivity index (χ2v) is 8.48. The number of nitrogens with one attached hydrogen (secondary N) is 2. The summed E-state index contributed by atoms with van der Waals surface area (Å²) in [4.78, 5) is 32.7. The van der Waals surface area contributed by atoms with E-state index in [1.165, 1.54) is 4.90 Å². The van der Waals surface area contributed by atoms with E-state index in [0.717, 1.165) is 17.0 Å². The SMILES string of the molecule is O=C(NOC1CNCc2ccsc21)[C@@H]1CCC2CN1C(=O)N2OS(=O)(=O)O. The lowest BCUT2D eigenvalue weighted by Crippen LogP contribution is -2.50. The molecule has 11 nitrogen and oxygen atoms in total. The van der Waals surface area contributed by atoms with Crippen LogP contribution in [0.3, 0.4) is 0 Å². The molecule has 2 bridgehead atoms. The third-order valence-corrected chi connectivity index (χ3v) is 6.22. The Morgan fingerprint density at radius 3 is 3.00 bits per heavy atom. The molecule has 3 amide bonds. The number of fused-ring (bicyclic) bond motifs is 3. The van der Waals surface area contributed by atoms with Gasteiger partial charge in [-0.25, -0.2) is 10.3 Å². The minimum Gasteiger partial charge on any atom is -0.310 e. The molecule has 13 heteroatoms. The molecule has 27 heavy (non-hydrogen) atoms. The topological polar surface area (TPSA) is 138 Å². The number of urea groups is 1. The quantitative estimate of drug-likeness (QED) is 0.447. The van der Waals surface area contributed by atoms with Crippen molar-refractivity contribution in [3.63, 3.8) is 0 Å². The summed E-state index contributed by atoms with van der Waals surface area (Å²) in [5.74, 6) is -0.487. The van der Waals surface area contributed by atoms with Crippen LogP contribution in [0.2, 0.25) is 0 Å². The average Bonchev–Trinajstić information content (AvgIpc) is 3.19. The maximum atomic E-state index is 12.5. The van der Waals surface area contributed by atoms with Gasteiger partial charge in [-0.15, -0.1) is 15.6 Å². The third kappa shape index (κ3) is 3.66. The molecule has 1 aromatic rings. The Balaban J connectivity index is 1.39. The predicted octanol–water partition coefficient (Wildman–Crippen LogP) is -0.0568. The maximum absolute atomic E-state index is 12.5. The molecule has 3 aliphatic rings. The molecule has 4 heterocycles. The van der Waals surface area contributed by atoms with Crippen molar-refractivity contribution >= 4 is 33.7 Å². The fraction of sp³-hybridized carbons (Fsp3) is 0.571. The van der Waals surface area contributed by atoms with Crippen molar-refractivity contribution in [1.82, 2.24) is 20.8 Å². The molecule has 0 saturated carbocycles. The number of rotatable bonds is 5. The van der Waals surface area contributed by atoms with Crippen LogP contribution in [0, 0.1) is 0 Å². The summed E-state index contributed by atoms with van der Waals surface area (Å²) >= 11 is 1.55. The van der Waals surface area contributed by atoms with E-state index >= 15 is 0 Å². The fourth-order valence-corrected chi connectivity index (χ4v) is 4.95. The van der Waals surface area contributed by atoms with Gasteiger partial charge in [-0.2, -0.15) is 13.5 Å². The van der Waals surface area contributed by atoms with Gasteiger partial charge >= 0.3 is 16.4 Å². The molecule has 2 fully saturated rings. The Morgan fingerprint density at radius 1 is 1.41 bits per heavy atom. The van der Waals surface area contributed by atoms with E-state index in [9.17, 15) is 18.0 Å². The monoisotopic (exact) mass is 418 g/mol. The van der Waals surface area contributed by atoms with E-state index in [1.807, 2.05) is 11.4 Å². The number of amides is 3. The van der Waals surface area contributed by atoms with Crippen LogP contribution in [-0.4, -0.2) is 60.0 Å². The molecule has 0 radical (unpaired) electrons. The van der Waals surface area contributed by atoms with E-state index in [2.05, 4.69) is 15.1 Å². The van der Waals surface area contributed by atoms with Crippen molar-refractivity contribution < 1.29 is 31.7 Å². The van der Waals surface area contributed by atoms with Gasteiger partial charge < -0.3 is 10.2 Å². The lowest BCUT2D eigenvalue weighted by atomic mass is 10.0. The molecule has 3 atom stereocenters. The van der Waals surface area contributed by atoms with Crippen LogP contribution in [0.25, 0.3) is 0 Å². The van der Waals surface area contributed by atoms with Crippen LogP contribution < -0.4 is 10.8 Å². The third-order valence-electron chi connectivity index (χ3n) is 4.82. The average molecular weight is 418 g/mol. The van der Waals surface area contributed by atoms with Gasteiger partial charge in [0.2, 0.25) is 0 Å². The first kappa shape index (κ1) is 18.6. The molecule has 3 aliphatic heterocycles. The van der Waals surface area contributed by atoms with Crippen molar-refractivity contribution in [2.24, 2.45) is 0 Å². The Labute approximate surface area is 159 Å². The van der Waals surface area contributed by atoms with Crippen LogP contribution in [0.1, 0.15) is 29.4 Å². The Hall–Kier alpha value is -1.77. The smallest absolute Gasteiger partial charge is 0.310 e. The van der Waals surface area contributed by atoms with Crippen molar-refractivity contribution in [2.75, 3.05) is 13.1 Å². The second-order valence-electron chi connectivity index (χ2n) is 6.52. The molecule has 0 aliphatic carbocycles. The number of nitrogens with zero attached hydrogens (tertiary/aromatic N) is 2. The summed E-state index contributed by atoms with van der Waals surface area (Å²) in [6.07, 6.45) is 0.364. The van der Waals surface area contributed by atoms with Gasteiger partial charge in [-0.05, 0) is 29.9 Å². The number of thiophene rings is 1. The van der Waals surface area contributed by atoms with E-state index in [1.54, 1.807) is 11.3 Å². The summed E-state index contributed by atoms with van der Waals surface area (Å²) < 4.78 is 35.0. The highest BCUT2D eigenvalue weighted by Gasteiger charge is 2.49. The van der Waals surface area contributed by atoms with Gasteiger partial charge in [0.15, 0.2) is 0 Å². The van der Waals surface area contributed by atoms with Crippen molar-refractivity contribution in [3.05, 3.63) is 21.9 Å². The van der Waals surface area contributed by atoms with Gasteiger partial charge in [0.1, 0.15) is 12.1 Å². The van der Waals surface area contributed by atoms with Crippen LogP contribution in [-0.2, 0) is 30.9 Å². The van der Waals surface area contributed by atoms with Gasteiger partial charge in [0, 0.05) is 24.5 Å². The Morgan fingerprint density at radius 2 is 2.22 bits per heavy atom. The van der Waals surface area contributed by atoms with E-state index < -0.39 is 34.4 Å². The van der Waals surface area contributed by atoms with E-state index in [0.29, 0.717) is 24.4 Å². The molecule has 4 rings (SSSR count). The molecule has 3 N–H and O–H groups in total. The largest absolute Gasteiger partial charge is 0.418 e. The molecule has 1 aromatic heterocycles. The second kappa shape index (κ2) is 7.00. The number of hydroxylamine groups is 3. The molecular formula is C14H18N4O7S2. The molecule has 2 saturated heterocycles. The normalized spacial score (nSPS) is 27.6. The molecule has 0 spiro atoms. The number of hydrogen-bond acceptors (Lipinski definition) is 8. The first-order chi connectivity index (χ1) is 12.8. The summed E-state index contributed by atoms with van der Waals surface area (Å²) in [7, 11) is -4.82. The highest BCUT2D eigenvalue weighted by molar-refractivity contribution is 7.80. The van der Waals surface area contributed by atoms with Gasteiger partial charge in [-0.3, -0.25) is 14.2 Å². The van der Waals surface area contributed by atoms with Gasteiger partial charge in [0.25, 0.3) is 5.91 Å². The Bertz CT molecular complexity index is 857. The first-order valence-corrected chi connectivity index (χ1v) is 10.6. The van der Waals surface area contributed by atoms with Crippen molar-refractivity contribution in [2.45, 2.75) is 37.6 Å². The molecular weight excluding hydrogens is 400 g/mol. The zero-order chi connectivity index (χ0) is 19.2. The number of carbonyl (C=O) groups excluding carboxylic acids is 2. The van der Waals surface area contributed by atoms with Crippen LogP contribution in [0.5, 0.6) is 0 Å². The van der Waals surface area contributed by atoms with Gasteiger partial charge in [0.05, 0.1) is 6.04 Å². The lowest BCUT2D eigenvalue weighted by molar-refractivity contribution is -0.144. The minimum atomic E-state index is -4.82. The minimum absolute atomic E-state index is 0.131. The fourth-order valence-electron chi connectivity index (χ4n) is 3.60. The highest BCUT2D eigenvalue weighted by Crippen LogP contribution is 2.32. The summed E-state index contributed by atoms with van der Waals surface area (Å²) in [6, 6.07) is -0.128.